The number of rotatable bonds is 4. The first-order valence-corrected chi connectivity index (χ1v) is 13.6. The number of nitrogens with zero attached hydrogens (tertiary/aromatic N) is 7. The number of nitrogens with one attached hydrogen (secondary N) is 1. The Morgan fingerprint density at radius 3 is 2.53 bits per heavy atom. The Kier molecular flexibility index (Phi) is 5.07. The lowest BCUT2D eigenvalue weighted by Crippen LogP contribution is -2.46. The van der Waals surface area contributed by atoms with E-state index in [2.05, 4.69) is 25.3 Å². The van der Waals surface area contributed by atoms with Gasteiger partial charge in [0.25, 0.3) is 5.91 Å². The zero-order chi connectivity index (χ0) is 25.2. The third-order valence-corrected chi connectivity index (χ3v) is 8.39. The highest BCUT2D eigenvalue weighted by atomic mass is 32.2. The summed E-state index contributed by atoms with van der Waals surface area (Å²) in [4.78, 5) is 27.0. The van der Waals surface area contributed by atoms with Gasteiger partial charge in [-0.3, -0.25) is 9.78 Å². The van der Waals surface area contributed by atoms with E-state index >= 15 is 0 Å². The molecule has 12 nitrogen and oxygen atoms in total. The first kappa shape index (κ1) is 22.6. The average molecular weight is 508 g/mol. The third kappa shape index (κ3) is 3.53. The zero-order valence-electron chi connectivity index (χ0n) is 19.8. The van der Waals surface area contributed by atoms with Crippen LogP contribution < -0.4 is 5.73 Å². The lowest BCUT2D eigenvalue weighted by atomic mass is 9.87. The summed E-state index contributed by atoms with van der Waals surface area (Å²) in [7, 11) is -3.71. The topological polar surface area (TPSA) is 165 Å². The molecule has 2 fully saturated rings. The van der Waals surface area contributed by atoms with E-state index in [9.17, 15) is 13.2 Å². The molecule has 3 atom stereocenters. The van der Waals surface area contributed by atoms with Crippen LogP contribution in [0, 0.1) is 6.92 Å². The van der Waals surface area contributed by atoms with Gasteiger partial charge in [0.1, 0.15) is 17.0 Å². The molecule has 1 amide bonds. The number of nitrogens with two attached hydrogens (primary N) is 1. The average Bonchev–Trinajstić information content (AvgIpc) is 3.57. The summed E-state index contributed by atoms with van der Waals surface area (Å²) in [6.45, 7) is 1.90. The molecule has 0 unspecified atom stereocenters. The third-order valence-electron chi connectivity index (χ3n) is 7.23. The van der Waals surface area contributed by atoms with Gasteiger partial charge in [-0.2, -0.15) is 9.61 Å². The minimum Gasteiger partial charge on any atom is -0.382 e. The quantitative estimate of drug-likeness (QED) is 0.418. The molecule has 0 spiro atoms. The molecule has 6 rings (SSSR count). The van der Waals surface area contributed by atoms with Gasteiger partial charge < -0.3 is 15.6 Å². The summed E-state index contributed by atoms with van der Waals surface area (Å²) in [6.07, 6.45) is 8.72. The molecule has 3 N–H and O–H groups in total. The Morgan fingerprint density at radius 1 is 1.17 bits per heavy atom. The first-order chi connectivity index (χ1) is 17.2. The molecule has 4 aromatic heterocycles. The summed E-state index contributed by atoms with van der Waals surface area (Å²) in [5.41, 5.74) is 9.76. The van der Waals surface area contributed by atoms with Gasteiger partial charge >= 0.3 is 0 Å². The van der Waals surface area contributed by atoms with Crippen LogP contribution in [0.1, 0.15) is 53.6 Å². The van der Waals surface area contributed by atoms with Crippen molar-refractivity contribution < 1.29 is 13.2 Å². The Balaban J connectivity index is 1.45. The molecule has 0 radical (unpaired) electrons. The monoisotopic (exact) mass is 507 g/mol. The fourth-order valence-electron chi connectivity index (χ4n) is 5.67. The second kappa shape index (κ2) is 8.08. The van der Waals surface area contributed by atoms with Gasteiger partial charge in [0.2, 0.25) is 5.82 Å². The van der Waals surface area contributed by atoms with Crippen molar-refractivity contribution in [1.82, 2.24) is 39.7 Å². The molecular weight excluding hydrogens is 482 g/mol. The number of hydrogen-bond donors (Lipinski definition) is 2. The van der Waals surface area contributed by atoms with Crippen LogP contribution in [0.5, 0.6) is 0 Å². The number of fused-ring (bicyclic) bond motifs is 3. The summed E-state index contributed by atoms with van der Waals surface area (Å²) in [5.74, 6) is -0.121. The predicted octanol–water partition coefficient (Wildman–Crippen LogP) is 1.75. The number of anilines is 1. The van der Waals surface area contributed by atoms with Crippen LogP contribution >= 0.6 is 0 Å². The second-order valence-corrected chi connectivity index (χ2v) is 11.5. The maximum atomic E-state index is 13.1. The Bertz CT molecular complexity index is 1570. The number of hydrogen-bond acceptors (Lipinski definition) is 9. The van der Waals surface area contributed by atoms with E-state index in [-0.39, 0.29) is 40.4 Å². The number of H-pyrrole nitrogens is 1. The molecule has 6 heterocycles. The number of nitrogen functional groups attached to an aromatic ring is 1. The molecule has 36 heavy (non-hydrogen) atoms. The molecule has 2 aliphatic rings. The van der Waals surface area contributed by atoms with Crippen molar-refractivity contribution in [2.45, 2.75) is 55.5 Å². The van der Waals surface area contributed by atoms with Crippen molar-refractivity contribution >= 4 is 27.2 Å². The summed E-state index contributed by atoms with van der Waals surface area (Å²) in [5, 5.41) is 12.0. The normalized spacial score (nSPS) is 21.8. The van der Waals surface area contributed by atoms with Gasteiger partial charge in [0.05, 0.1) is 11.9 Å². The molecule has 2 bridgehead atoms. The van der Waals surface area contributed by atoms with Crippen LogP contribution in [-0.4, -0.2) is 72.3 Å². The van der Waals surface area contributed by atoms with E-state index in [1.54, 1.807) is 12.4 Å². The first-order valence-electron chi connectivity index (χ1n) is 11.7. The Hall–Kier alpha value is -3.87. The van der Waals surface area contributed by atoms with Crippen LogP contribution in [0.3, 0.4) is 0 Å². The number of aromatic amines is 1. The number of pyridine rings is 1. The molecule has 4 aromatic rings. The minimum absolute atomic E-state index is 0.00564. The van der Waals surface area contributed by atoms with Crippen molar-refractivity contribution in [3.05, 3.63) is 48.1 Å². The van der Waals surface area contributed by atoms with Crippen molar-refractivity contribution in [2.75, 3.05) is 12.0 Å². The minimum atomic E-state index is -3.71. The number of amides is 1. The van der Waals surface area contributed by atoms with Gasteiger partial charge in [-0.1, -0.05) is 6.07 Å². The molecule has 0 aliphatic carbocycles. The van der Waals surface area contributed by atoms with E-state index in [0.29, 0.717) is 24.2 Å². The highest BCUT2D eigenvalue weighted by molar-refractivity contribution is 7.91. The van der Waals surface area contributed by atoms with E-state index < -0.39 is 9.84 Å². The smallest absolute Gasteiger partial charge is 0.292 e. The highest BCUT2D eigenvalue weighted by Crippen LogP contribution is 2.45. The van der Waals surface area contributed by atoms with Crippen LogP contribution in [0.15, 0.2) is 35.7 Å². The summed E-state index contributed by atoms with van der Waals surface area (Å²) < 4.78 is 27.2. The number of piperidine rings is 1. The van der Waals surface area contributed by atoms with Gasteiger partial charge in [0, 0.05) is 47.3 Å². The maximum Gasteiger partial charge on any atom is 0.292 e. The Morgan fingerprint density at radius 2 is 1.92 bits per heavy atom. The lowest BCUT2D eigenvalue weighted by molar-refractivity contribution is 0.0556. The van der Waals surface area contributed by atoms with Gasteiger partial charge in [-0.05, 0) is 38.7 Å². The largest absolute Gasteiger partial charge is 0.382 e. The van der Waals surface area contributed by atoms with Gasteiger partial charge in [0.15, 0.2) is 15.5 Å². The van der Waals surface area contributed by atoms with Crippen molar-refractivity contribution in [3.8, 4) is 11.1 Å². The number of aryl methyl sites for hydroxylation is 1. The molecule has 0 saturated carbocycles. The van der Waals surface area contributed by atoms with Crippen LogP contribution in [0.2, 0.25) is 0 Å². The molecule has 2 saturated heterocycles. The zero-order valence-corrected chi connectivity index (χ0v) is 20.6. The van der Waals surface area contributed by atoms with E-state index in [0.717, 1.165) is 35.9 Å². The summed E-state index contributed by atoms with van der Waals surface area (Å²) >= 11 is 0. The molecule has 0 aromatic carbocycles. The maximum absolute atomic E-state index is 13.1. The molecule has 2 aliphatic heterocycles. The molecular formula is C23H25N9O3S. The van der Waals surface area contributed by atoms with Gasteiger partial charge in [-0.15, -0.1) is 10.2 Å². The Labute approximate surface area is 206 Å². The summed E-state index contributed by atoms with van der Waals surface area (Å²) in [6, 6.07) is 3.72. The standard InChI is InChI=1S/C23H25N9O3S/c1-12-3-4-13(9-25-12)17-10-28-32-20(24)19(36(2,34)35)18(29-22(17)32)14-7-15-5-6-16(8-14)31(15)23(33)21-26-11-27-30-21/h3-4,9-11,14-16H,5-8,24H2,1-2H3,(H,26,27,30)/t14-,15+,16-. The predicted molar refractivity (Wildman–Crippen MR) is 130 cm³/mol. The van der Waals surface area contributed by atoms with Gasteiger partial charge in [-0.25, -0.2) is 13.4 Å². The SMILES string of the molecule is Cc1ccc(-c2cnn3c(N)c(S(C)(=O)=O)c([C@H]4C[C@H]5CC[C@@H](C4)N5C(=O)c4nnc[nH]4)nc23)cn1. The number of carbonyl (C=O) groups is 1. The van der Waals surface area contributed by atoms with E-state index in [1.807, 2.05) is 24.0 Å². The van der Waals surface area contributed by atoms with E-state index in [4.69, 9.17) is 10.7 Å². The van der Waals surface area contributed by atoms with Crippen molar-refractivity contribution in [1.29, 1.82) is 0 Å². The lowest BCUT2D eigenvalue weighted by Gasteiger charge is -2.38. The fourth-order valence-corrected chi connectivity index (χ4v) is 6.73. The molecule has 186 valence electrons. The van der Waals surface area contributed by atoms with Crippen LogP contribution in [0.25, 0.3) is 16.8 Å². The molecule has 13 heteroatoms. The highest BCUT2D eigenvalue weighted by Gasteiger charge is 2.46. The second-order valence-electron chi connectivity index (χ2n) is 9.57. The van der Waals surface area contributed by atoms with Crippen molar-refractivity contribution in [3.63, 3.8) is 0 Å². The number of sulfone groups is 1. The van der Waals surface area contributed by atoms with E-state index in [1.165, 1.54) is 10.8 Å². The number of carbonyl (C=O) groups excluding carboxylic acids is 1. The number of aromatic nitrogens is 7. The van der Waals surface area contributed by atoms with Crippen LogP contribution in [0.4, 0.5) is 5.82 Å². The fraction of sp³-hybridized carbons (Fsp3) is 0.391. The van der Waals surface area contributed by atoms with Crippen molar-refractivity contribution in [2.24, 2.45) is 0 Å². The van der Waals surface area contributed by atoms with Crippen LogP contribution in [-0.2, 0) is 9.84 Å².